The molecule has 0 N–H and O–H groups in total. The average molecular weight is 188 g/mol. The second-order valence-corrected chi connectivity index (χ2v) is 4.08. The summed E-state index contributed by atoms with van der Waals surface area (Å²) >= 11 is 1.69. The van der Waals surface area contributed by atoms with Gasteiger partial charge in [-0.3, -0.25) is 0 Å². The lowest BCUT2D eigenvalue weighted by atomic mass is 10.2. The van der Waals surface area contributed by atoms with Crippen LogP contribution in [0.25, 0.3) is 10.4 Å². The van der Waals surface area contributed by atoms with Crippen molar-refractivity contribution in [1.82, 2.24) is 4.98 Å². The van der Waals surface area contributed by atoms with E-state index in [-0.39, 0.29) is 0 Å². The molecule has 1 nitrogen and oxygen atoms in total. The molecule has 1 heterocycles. The van der Waals surface area contributed by atoms with Gasteiger partial charge in [0.1, 0.15) is 0 Å². The summed E-state index contributed by atoms with van der Waals surface area (Å²) in [5, 5.41) is 1.07. The molecule has 2 aromatic rings. The lowest BCUT2D eigenvalue weighted by Gasteiger charge is -1.96. The van der Waals surface area contributed by atoms with Gasteiger partial charge in [0.2, 0.25) is 0 Å². The molecule has 0 saturated carbocycles. The molecule has 65 valence electrons. The first-order chi connectivity index (χ1) is 6.27. The summed E-state index contributed by atoms with van der Waals surface area (Å²) in [6.07, 6.45) is 0. The summed E-state index contributed by atoms with van der Waals surface area (Å²) in [6.45, 7) is 5.92. The fourth-order valence-corrected chi connectivity index (χ4v) is 2.15. The first kappa shape index (κ1) is 8.45. The van der Waals surface area contributed by atoms with E-state index >= 15 is 0 Å². The van der Waals surface area contributed by atoms with Crippen LogP contribution in [-0.2, 0) is 0 Å². The molecule has 0 bridgehead atoms. The molecule has 1 aromatic carbocycles. The van der Waals surface area contributed by atoms with E-state index in [0.717, 1.165) is 10.7 Å². The zero-order valence-electron chi connectivity index (χ0n) is 7.45. The number of rotatable bonds is 1. The maximum absolute atomic E-state index is 4.29. The first-order valence-corrected chi connectivity index (χ1v) is 4.94. The minimum Gasteiger partial charge on any atom is -0.246 e. The Kier molecular flexibility index (Phi) is 2.15. The Bertz CT molecular complexity index is 403. The topological polar surface area (TPSA) is 12.9 Å². The molecule has 13 heavy (non-hydrogen) atoms. The minimum atomic E-state index is 0.883. The van der Waals surface area contributed by atoms with Crippen LogP contribution in [-0.4, -0.2) is 4.98 Å². The van der Waals surface area contributed by atoms with Gasteiger partial charge in [0.15, 0.2) is 0 Å². The SMILES string of the molecule is [CH2]c1nc(C)sc1-c1ccccc1. The Morgan fingerprint density at radius 1 is 1.23 bits per heavy atom. The molecule has 0 fully saturated rings. The van der Waals surface area contributed by atoms with E-state index in [1.54, 1.807) is 11.3 Å². The molecule has 0 amide bonds. The fourth-order valence-electron chi connectivity index (χ4n) is 1.29. The summed E-state index contributed by atoms with van der Waals surface area (Å²) in [4.78, 5) is 5.47. The number of aromatic nitrogens is 1. The highest BCUT2D eigenvalue weighted by Gasteiger charge is 2.05. The van der Waals surface area contributed by atoms with Crippen molar-refractivity contribution >= 4 is 11.3 Å². The number of nitrogens with zero attached hydrogens (tertiary/aromatic N) is 1. The average Bonchev–Trinajstić information content (AvgIpc) is 2.47. The highest BCUT2D eigenvalue weighted by molar-refractivity contribution is 7.15. The van der Waals surface area contributed by atoms with Gasteiger partial charge < -0.3 is 0 Å². The lowest BCUT2D eigenvalue weighted by Crippen LogP contribution is -1.76. The van der Waals surface area contributed by atoms with Crippen LogP contribution in [0.2, 0.25) is 0 Å². The Hall–Kier alpha value is -1.15. The van der Waals surface area contributed by atoms with Crippen LogP contribution in [0.5, 0.6) is 0 Å². The van der Waals surface area contributed by atoms with Crippen LogP contribution in [0.1, 0.15) is 10.7 Å². The summed E-state index contributed by atoms with van der Waals surface area (Å²) in [6, 6.07) is 10.2. The molecule has 0 unspecified atom stereocenters. The Morgan fingerprint density at radius 2 is 1.92 bits per heavy atom. The van der Waals surface area contributed by atoms with E-state index in [2.05, 4.69) is 24.0 Å². The van der Waals surface area contributed by atoms with Gasteiger partial charge in [-0.1, -0.05) is 30.3 Å². The number of aryl methyl sites for hydroxylation is 1. The summed E-state index contributed by atoms with van der Waals surface area (Å²) in [7, 11) is 0. The van der Waals surface area contributed by atoms with E-state index in [9.17, 15) is 0 Å². The third-order valence-corrected chi connectivity index (χ3v) is 2.90. The van der Waals surface area contributed by atoms with E-state index in [4.69, 9.17) is 0 Å². The van der Waals surface area contributed by atoms with Gasteiger partial charge in [-0.15, -0.1) is 11.3 Å². The van der Waals surface area contributed by atoms with Gasteiger partial charge in [-0.25, -0.2) is 4.98 Å². The van der Waals surface area contributed by atoms with Crippen molar-refractivity contribution in [2.45, 2.75) is 6.92 Å². The van der Waals surface area contributed by atoms with Gasteiger partial charge in [0, 0.05) is 0 Å². The Balaban J connectivity index is 2.53. The molecule has 0 spiro atoms. The van der Waals surface area contributed by atoms with E-state index in [1.165, 1.54) is 10.4 Å². The highest BCUT2D eigenvalue weighted by atomic mass is 32.1. The van der Waals surface area contributed by atoms with Crippen molar-refractivity contribution in [3.8, 4) is 10.4 Å². The summed E-state index contributed by atoms with van der Waals surface area (Å²) < 4.78 is 0. The third-order valence-electron chi connectivity index (χ3n) is 1.84. The first-order valence-electron chi connectivity index (χ1n) is 4.12. The summed E-state index contributed by atoms with van der Waals surface area (Å²) in [5.74, 6) is 0. The second kappa shape index (κ2) is 3.30. The third kappa shape index (κ3) is 1.63. The summed E-state index contributed by atoms with van der Waals surface area (Å²) in [5.41, 5.74) is 2.09. The molecule has 1 aromatic heterocycles. The smallest absolute Gasteiger partial charge is 0.0903 e. The van der Waals surface area contributed by atoms with Crippen LogP contribution in [0.15, 0.2) is 30.3 Å². The molecule has 0 aliphatic heterocycles. The van der Waals surface area contributed by atoms with Crippen molar-refractivity contribution in [1.29, 1.82) is 0 Å². The van der Waals surface area contributed by atoms with E-state index in [0.29, 0.717) is 0 Å². The molecule has 0 saturated heterocycles. The van der Waals surface area contributed by atoms with Gasteiger partial charge in [0.25, 0.3) is 0 Å². The lowest BCUT2D eigenvalue weighted by molar-refractivity contribution is 1.25. The van der Waals surface area contributed by atoms with E-state index in [1.807, 2.05) is 25.1 Å². The van der Waals surface area contributed by atoms with Crippen LogP contribution in [0.3, 0.4) is 0 Å². The van der Waals surface area contributed by atoms with E-state index < -0.39 is 0 Å². The van der Waals surface area contributed by atoms with Gasteiger partial charge in [0.05, 0.1) is 15.6 Å². The zero-order chi connectivity index (χ0) is 9.26. The standard InChI is InChI=1S/C11H10NS/c1-8-11(13-9(2)12-8)10-6-4-3-5-7-10/h3-7H,1H2,2H3. The van der Waals surface area contributed by atoms with Gasteiger partial charge >= 0.3 is 0 Å². The van der Waals surface area contributed by atoms with Crippen LogP contribution in [0.4, 0.5) is 0 Å². The predicted molar refractivity (Wildman–Crippen MR) is 56.7 cm³/mol. The molecule has 0 aliphatic rings. The number of thiazole rings is 1. The van der Waals surface area contributed by atoms with Crippen molar-refractivity contribution in [2.75, 3.05) is 0 Å². The number of hydrogen-bond donors (Lipinski definition) is 0. The molecule has 0 aliphatic carbocycles. The Morgan fingerprint density at radius 3 is 2.46 bits per heavy atom. The number of benzene rings is 1. The zero-order valence-corrected chi connectivity index (χ0v) is 8.27. The minimum absolute atomic E-state index is 0.883. The maximum Gasteiger partial charge on any atom is 0.0903 e. The molecule has 0 atom stereocenters. The monoisotopic (exact) mass is 188 g/mol. The van der Waals surface area contributed by atoms with Crippen molar-refractivity contribution < 1.29 is 0 Å². The molecule has 2 rings (SSSR count). The van der Waals surface area contributed by atoms with Crippen molar-refractivity contribution in [2.24, 2.45) is 0 Å². The normalized spacial score (nSPS) is 10.3. The fraction of sp³-hybridized carbons (Fsp3) is 0.0909. The van der Waals surface area contributed by atoms with Crippen molar-refractivity contribution in [3.63, 3.8) is 0 Å². The predicted octanol–water partition coefficient (Wildman–Crippen LogP) is 3.30. The Labute approximate surface area is 82.1 Å². The van der Waals surface area contributed by atoms with Gasteiger partial charge in [-0.05, 0) is 19.4 Å². The number of hydrogen-bond acceptors (Lipinski definition) is 2. The quantitative estimate of drug-likeness (QED) is 0.669. The molecular formula is C11H10NS. The second-order valence-electron chi connectivity index (χ2n) is 2.87. The van der Waals surface area contributed by atoms with Gasteiger partial charge in [-0.2, -0.15) is 0 Å². The maximum atomic E-state index is 4.29. The molecule has 1 radical (unpaired) electrons. The van der Waals surface area contributed by atoms with Crippen LogP contribution < -0.4 is 0 Å². The largest absolute Gasteiger partial charge is 0.246 e. The molecule has 2 heteroatoms. The molecular weight excluding hydrogens is 178 g/mol. The van der Waals surface area contributed by atoms with Crippen LogP contribution >= 0.6 is 11.3 Å². The van der Waals surface area contributed by atoms with Crippen molar-refractivity contribution in [3.05, 3.63) is 48.0 Å². The van der Waals surface area contributed by atoms with Crippen LogP contribution in [0, 0.1) is 13.8 Å². The highest BCUT2D eigenvalue weighted by Crippen LogP contribution is 2.28.